The number of hydrogen-bond donors (Lipinski definition) is 1. The third-order valence-electron chi connectivity index (χ3n) is 3.55. The monoisotopic (exact) mass is 248 g/mol. The van der Waals surface area contributed by atoms with Crippen LogP contribution in [0.15, 0.2) is 12.3 Å². The molecule has 5 heteroatoms. The van der Waals surface area contributed by atoms with E-state index in [0.29, 0.717) is 12.4 Å². The van der Waals surface area contributed by atoms with Crippen molar-refractivity contribution in [2.24, 2.45) is 0 Å². The van der Waals surface area contributed by atoms with E-state index >= 15 is 0 Å². The van der Waals surface area contributed by atoms with E-state index < -0.39 is 0 Å². The SMILES string of the molecule is Cc1c(CN2CCN(CC=O)CC2)ccnc1N. The van der Waals surface area contributed by atoms with Gasteiger partial charge in [-0.2, -0.15) is 0 Å². The van der Waals surface area contributed by atoms with Gasteiger partial charge in [-0.3, -0.25) is 9.80 Å². The van der Waals surface area contributed by atoms with Crippen LogP contribution in [0.4, 0.5) is 5.82 Å². The molecule has 0 aliphatic carbocycles. The Morgan fingerprint density at radius 3 is 2.67 bits per heavy atom. The van der Waals surface area contributed by atoms with Crippen LogP contribution in [-0.4, -0.2) is 53.8 Å². The van der Waals surface area contributed by atoms with Gasteiger partial charge in [0, 0.05) is 38.9 Å². The highest BCUT2D eigenvalue weighted by atomic mass is 16.1. The zero-order valence-electron chi connectivity index (χ0n) is 10.8. The van der Waals surface area contributed by atoms with Gasteiger partial charge in [-0.25, -0.2) is 4.98 Å². The van der Waals surface area contributed by atoms with Crippen LogP contribution in [0.2, 0.25) is 0 Å². The Bertz CT molecular complexity index is 413. The number of piperazine rings is 1. The lowest BCUT2D eigenvalue weighted by Crippen LogP contribution is -2.46. The Balaban J connectivity index is 1.91. The quantitative estimate of drug-likeness (QED) is 0.776. The lowest BCUT2D eigenvalue weighted by Gasteiger charge is -2.33. The van der Waals surface area contributed by atoms with E-state index in [4.69, 9.17) is 5.73 Å². The molecular weight excluding hydrogens is 228 g/mol. The Labute approximate surface area is 108 Å². The zero-order valence-corrected chi connectivity index (χ0v) is 10.8. The van der Waals surface area contributed by atoms with Gasteiger partial charge in [0.05, 0.1) is 6.54 Å². The minimum atomic E-state index is 0.551. The second kappa shape index (κ2) is 5.93. The molecule has 0 bridgehead atoms. The standard InChI is InChI=1S/C13H20N4O/c1-11-12(2-3-15-13(11)14)10-17-6-4-16(5-7-17)8-9-18/h2-3,9H,4-8,10H2,1H3,(H2,14,15). The molecule has 2 rings (SSSR count). The van der Waals surface area contributed by atoms with E-state index in [-0.39, 0.29) is 0 Å². The lowest BCUT2D eigenvalue weighted by molar-refractivity contribution is -0.109. The summed E-state index contributed by atoms with van der Waals surface area (Å²) in [6.45, 7) is 7.38. The second-order valence-electron chi connectivity index (χ2n) is 4.72. The molecule has 0 saturated carbocycles. The normalized spacial score (nSPS) is 17.8. The molecule has 0 radical (unpaired) electrons. The molecule has 1 aliphatic rings. The molecule has 0 aromatic carbocycles. The number of aldehydes is 1. The van der Waals surface area contributed by atoms with E-state index in [1.807, 2.05) is 13.0 Å². The first-order chi connectivity index (χ1) is 8.70. The summed E-state index contributed by atoms with van der Waals surface area (Å²) in [4.78, 5) is 19.1. The van der Waals surface area contributed by atoms with Gasteiger partial charge in [0.25, 0.3) is 0 Å². The van der Waals surface area contributed by atoms with Gasteiger partial charge in [-0.1, -0.05) is 0 Å². The van der Waals surface area contributed by atoms with Crippen LogP contribution in [0, 0.1) is 6.92 Å². The largest absolute Gasteiger partial charge is 0.383 e. The summed E-state index contributed by atoms with van der Waals surface area (Å²) in [6.07, 6.45) is 2.74. The summed E-state index contributed by atoms with van der Waals surface area (Å²) in [5.74, 6) is 0.618. The van der Waals surface area contributed by atoms with Crippen LogP contribution >= 0.6 is 0 Å². The zero-order chi connectivity index (χ0) is 13.0. The number of nitrogens with zero attached hydrogens (tertiary/aromatic N) is 3. The predicted molar refractivity (Wildman–Crippen MR) is 71.2 cm³/mol. The highest BCUT2D eigenvalue weighted by Gasteiger charge is 2.17. The van der Waals surface area contributed by atoms with Crippen molar-refractivity contribution in [1.29, 1.82) is 0 Å². The predicted octanol–water partition coefficient (Wildman–Crippen LogP) is 0.289. The molecule has 1 saturated heterocycles. The minimum Gasteiger partial charge on any atom is -0.383 e. The van der Waals surface area contributed by atoms with Crippen molar-refractivity contribution >= 4 is 12.1 Å². The Morgan fingerprint density at radius 2 is 2.00 bits per heavy atom. The van der Waals surface area contributed by atoms with Gasteiger partial charge in [-0.05, 0) is 24.1 Å². The van der Waals surface area contributed by atoms with Crippen molar-refractivity contribution in [2.75, 3.05) is 38.5 Å². The van der Waals surface area contributed by atoms with E-state index in [1.54, 1.807) is 6.20 Å². The van der Waals surface area contributed by atoms with E-state index in [9.17, 15) is 4.79 Å². The average Bonchev–Trinajstić information content (AvgIpc) is 2.38. The van der Waals surface area contributed by atoms with Crippen molar-refractivity contribution in [3.05, 3.63) is 23.4 Å². The van der Waals surface area contributed by atoms with Gasteiger partial charge < -0.3 is 10.5 Å². The molecule has 1 aromatic heterocycles. The summed E-state index contributed by atoms with van der Waals surface area (Å²) >= 11 is 0. The number of nitrogen functional groups attached to an aromatic ring is 1. The van der Waals surface area contributed by atoms with Crippen LogP contribution in [-0.2, 0) is 11.3 Å². The number of rotatable bonds is 4. The number of carbonyl (C=O) groups is 1. The Kier molecular flexibility index (Phi) is 4.28. The first-order valence-corrected chi connectivity index (χ1v) is 6.29. The van der Waals surface area contributed by atoms with E-state index in [0.717, 1.165) is 44.6 Å². The topological polar surface area (TPSA) is 62.5 Å². The number of hydrogen-bond acceptors (Lipinski definition) is 5. The molecule has 98 valence electrons. The molecule has 1 fully saturated rings. The lowest BCUT2D eigenvalue weighted by atomic mass is 10.1. The maximum absolute atomic E-state index is 10.5. The number of aromatic nitrogens is 1. The molecule has 18 heavy (non-hydrogen) atoms. The molecule has 5 nitrogen and oxygen atoms in total. The number of anilines is 1. The van der Waals surface area contributed by atoms with Crippen LogP contribution in [0.3, 0.4) is 0 Å². The number of carbonyl (C=O) groups excluding carboxylic acids is 1. The highest BCUT2D eigenvalue weighted by Crippen LogP contribution is 2.15. The number of pyridine rings is 1. The minimum absolute atomic E-state index is 0.551. The van der Waals surface area contributed by atoms with Gasteiger partial charge >= 0.3 is 0 Å². The smallest absolute Gasteiger partial charge is 0.133 e. The maximum Gasteiger partial charge on any atom is 0.133 e. The maximum atomic E-state index is 10.5. The van der Waals surface area contributed by atoms with Crippen molar-refractivity contribution in [3.63, 3.8) is 0 Å². The molecule has 2 heterocycles. The molecular formula is C13H20N4O. The van der Waals surface area contributed by atoms with Crippen molar-refractivity contribution in [1.82, 2.24) is 14.8 Å². The Hall–Kier alpha value is -1.46. The summed E-state index contributed by atoms with van der Waals surface area (Å²) in [5.41, 5.74) is 8.13. The molecule has 1 aliphatic heterocycles. The molecule has 0 atom stereocenters. The van der Waals surface area contributed by atoms with Crippen molar-refractivity contribution in [2.45, 2.75) is 13.5 Å². The van der Waals surface area contributed by atoms with Crippen molar-refractivity contribution in [3.8, 4) is 0 Å². The molecule has 0 amide bonds. The second-order valence-corrected chi connectivity index (χ2v) is 4.72. The third-order valence-corrected chi connectivity index (χ3v) is 3.55. The van der Waals surface area contributed by atoms with Crippen molar-refractivity contribution < 1.29 is 4.79 Å². The van der Waals surface area contributed by atoms with Gasteiger partial charge in [0.15, 0.2) is 0 Å². The first-order valence-electron chi connectivity index (χ1n) is 6.29. The summed E-state index contributed by atoms with van der Waals surface area (Å²) in [5, 5.41) is 0. The molecule has 2 N–H and O–H groups in total. The molecule has 0 spiro atoms. The molecule has 0 unspecified atom stereocenters. The first kappa shape index (κ1) is 13.0. The fourth-order valence-corrected chi connectivity index (χ4v) is 2.24. The third kappa shape index (κ3) is 3.05. The van der Waals surface area contributed by atoms with Crippen LogP contribution in [0.25, 0.3) is 0 Å². The van der Waals surface area contributed by atoms with Gasteiger partial charge in [-0.15, -0.1) is 0 Å². The van der Waals surface area contributed by atoms with E-state index in [2.05, 4.69) is 14.8 Å². The highest BCUT2D eigenvalue weighted by molar-refractivity contribution is 5.52. The molecule has 1 aromatic rings. The Morgan fingerprint density at radius 1 is 1.33 bits per heavy atom. The van der Waals surface area contributed by atoms with Gasteiger partial charge in [0.2, 0.25) is 0 Å². The average molecular weight is 248 g/mol. The fraction of sp³-hybridized carbons (Fsp3) is 0.538. The fourth-order valence-electron chi connectivity index (χ4n) is 2.24. The van der Waals surface area contributed by atoms with E-state index in [1.165, 1.54) is 5.56 Å². The van der Waals surface area contributed by atoms with Crippen LogP contribution < -0.4 is 5.73 Å². The number of nitrogens with two attached hydrogens (primary N) is 1. The van der Waals surface area contributed by atoms with Crippen LogP contribution in [0.1, 0.15) is 11.1 Å². The summed E-state index contributed by atoms with van der Waals surface area (Å²) < 4.78 is 0. The van der Waals surface area contributed by atoms with Crippen LogP contribution in [0.5, 0.6) is 0 Å². The van der Waals surface area contributed by atoms with Gasteiger partial charge in [0.1, 0.15) is 12.1 Å². The summed E-state index contributed by atoms with van der Waals surface area (Å²) in [7, 11) is 0. The summed E-state index contributed by atoms with van der Waals surface area (Å²) in [6, 6.07) is 2.03.